The Hall–Kier alpha value is -0.820. The Morgan fingerprint density at radius 2 is 1.74 bits per heavy atom. The zero-order chi connectivity index (χ0) is 13.5. The molecule has 3 atom stereocenters. The zero-order valence-corrected chi connectivity index (χ0v) is 12.3. The van der Waals surface area contributed by atoms with Gasteiger partial charge in [0.05, 0.1) is 0 Å². The summed E-state index contributed by atoms with van der Waals surface area (Å²) in [7, 11) is 0. The van der Waals surface area contributed by atoms with Crippen molar-refractivity contribution in [1.82, 2.24) is 0 Å². The van der Waals surface area contributed by atoms with E-state index in [1.54, 1.807) is 0 Å². The molecular formula is C18H27N. The van der Waals surface area contributed by atoms with Crippen LogP contribution in [0.1, 0.15) is 57.4 Å². The Kier molecular flexibility index (Phi) is 3.42. The molecular weight excluding hydrogens is 230 g/mol. The van der Waals surface area contributed by atoms with Crippen LogP contribution in [0.5, 0.6) is 0 Å². The average molecular weight is 257 g/mol. The summed E-state index contributed by atoms with van der Waals surface area (Å²) in [6.07, 6.45) is 6.70. The van der Waals surface area contributed by atoms with Gasteiger partial charge in [0.15, 0.2) is 0 Å². The van der Waals surface area contributed by atoms with Crippen LogP contribution < -0.4 is 5.73 Å². The maximum absolute atomic E-state index is 6.57. The Morgan fingerprint density at radius 3 is 2.37 bits per heavy atom. The number of benzene rings is 1. The highest BCUT2D eigenvalue weighted by Crippen LogP contribution is 2.52. The van der Waals surface area contributed by atoms with E-state index in [0.717, 1.165) is 17.8 Å². The number of hydrogen-bond acceptors (Lipinski definition) is 1. The Morgan fingerprint density at radius 1 is 1.11 bits per heavy atom. The minimum Gasteiger partial charge on any atom is -0.327 e. The predicted molar refractivity (Wildman–Crippen MR) is 81.0 cm³/mol. The Labute approximate surface area is 117 Å². The number of hydrogen-bond donors (Lipinski definition) is 1. The van der Waals surface area contributed by atoms with Crippen molar-refractivity contribution in [2.45, 2.75) is 57.9 Å². The molecule has 0 heterocycles. The van der Waals surface area contributed by atoms with Crippen molar-refractivity contribution in [2.24, 2.45) is 23.0 Å². The van der Waals surface area contributed by atoms with Crippen LogP contribution in [0, 0.1) is 17.3 Å². The van der Waals surface area contributed by atoms with Crippen LogP contribution in [0.4, 0.5) is 0 Å². The summed E-state index contributed by atoms with van der Waals surface area (Å²) in [6.45, 7) is 4.80. The van der Waals surface area contributed by atoms with Crippen LogP contribution in [0.15, 0.2) is 30.3 Å². The monoisotopic (exact) mass is 257 g/mol. The minimum atomic E-state index is 0.432. The van der Waals surface area contributed by atoms with E-state index in [2.05, 4.69) is 44.2 Å². The molecule has 3 unspecified atom stereocenters. The first-order valence-electron chi connectivity index (χ1n) is 7.87. The Bertz CT molecular complexity index is 413. The largest absolute Gasteiger partial charge is 0.327 e. The molecule has 0 radical (unpaired) electrons. The van der Waals surface area contributed by atoms with E-state index in [1.165, 1.54) is 37.7 Å². The lowest BCUT2D eigenvalue weighted by atomic mass is 9.70. The van der Waals surface area contributed by atoms with Crippen LogP contribution >= 0.6 is 0 Å². The third-order valence-electron chi connectivity index (χ3n) is 5.49. The van der Waals surface area contributed by atoms with E-state index in [4.69, 9.17) is 5.73 Å². The van der Waals surface area contributed by atoms with Crippen molar-refractivity contribution < 1.29 is 0 Å². The zero-order valence-electron chi connectivity index (χ0n) is 12.3. The molecule has 2 N–H and O–H groups in total. The van der Waals surface area contributed by atoms with Gasteiger partial charge in [-0.2, -0.15) is 0 Å². The van der Waals surface area contributed by atoms with Crippen LogP contribution in [-0.2, 0) is 0 Å². The van der Waals surface area contributed by atoms with Gasteiger partial charge in [0, 0.05) is 6.04 Å². The maximum atomic E-state index is 6.57. The summed E-state index contributed by atoms with van der Waals surface area (Å²) in [4.78, 5) is 0. The van der Waals surface area contributed by atoms with Gasteiger partial charge in [-0.3, -0.25) is 0 Å². The highest BCUT2D eigenvalue weighted by molar-refractivity contribution is 5.26. The topological polar surface area (TPSA) is 26.0 Å². The van der Waals surface area contributed by atoms with E-state index in [0.29, 0.717) is 11.5 Å². The van der Waals surface area contributed by atoms with E-state index in [9.17, 15) is 0 Å². The van der Waals surface area contributed by atoms with Gasteiger partial charge in [0.25, 0.3) is 0 Å². The summed E-state index contributed by atoms with van der Waals surface area (Å²) in [5, 5.41) is 0. The van der Waals surface area contributed by atoms with Crippen molar-refractivity contribution in [3.63, 3.8) is 0 Å². The molecule has 0 spiro atoms. The second-order valence-corrected chi connectivity index (χ2v) is 7.50. The van der Waals surface area contributed by atoms with Crippen LogP contribution in [-0.4, -0.2) is 6.04 Å². The normalized spacial score (nSPS) is 31.9. The summed E-state index contributed by atoms with van der Waals surface area (Å²) in [6, 6.07) is 11.4. The highest BCUT2D eigenvalue weighted by Gasteiger charge is 2.45. The second kappa shape index (κ2) is 4.94. The average Bonchev–Trinajstić information content (AvgIpc) is 3.19. The summed E-state index contributed by atoms with van der Waals surface area (Å²) in [5.41, 5.74) is 8.62. The number of nitrogens with two attached hydrogens (primary N) is 1. The molecule has 1 aromatic rings. The molecule has 2 fully saturated rings. The highest BCUT2D eigenvalue weighted by atomic mass is 14.7. The molecule has 104 valence electrons. The van der Waals surface area contributed by atoms with E-state index in [1.807, 2.05) is 0 Å². The first-order valence-corrected chi connectivity index (χ1v) is 7.87. The summed E-state index contributed by atoms with van der Waals surface area (Å²) in [5.74, 6) is 2.26. The molecule has 0 aliphatic heterocycles. The third kappa shape index (κ3) is 2.86. The Balaban J connectivity index is 1.57. The van der Waals surface area contributed by atoms with Gasteiger partial charge in [-0.1, -0.05) is 44.2 Å². The molecule has 0 amide bonds. The van der Waals surface area contributed by atoms with Crippen molar-refractivity contribution in [3.05, 3.63) is 35.9 Å². The first kappa shape index (κ1) is 13.2. The first-order chi connectivity index (χ1) is 9.07. The lowest BCUT2D eigenvalue weighted by molar-refractivity contribution is 0.166. The van der Waals surface area contributed by atoms with Crippen molar-refractivity contribution in [3.8, 4) is 0 Å². The van der Waals surface area contributed by atoms with Gasteiger partial charge < -0.3 is 5.73 Å². The summed E-state index contributed by atoms with van der Waals surface area (Å²) < 4.78 is 0. The molecule has 1 aromatic carbocycles. The van der Waals surface area contributed by atoms with Crippen molar-refractivity contribution in [2.75, 3.05) is 0 Å². The number of rotatable bonds is 3. The quantitative estimate of drug-likeness (QED) is 0.856. The molecule has 2 saturated carbocycles. The minimum absolute atomic E-state index is 0.432. The molecule has 1 heteroatoms. The van der Waals surface area contributed by atoms with Gasteiger partial charge in [0.2, 0.25) is 0 Å². The molecule has 0 aromatic heterocycles. The second-order valence-electron chi connectivity index (χ2n) is 7.50. The molecule has 1 nitrogen and oxygen atoms in total. The molecule has 2 aliphatic rings. The molecule has 0 bridgehead atoms. The standard InChI is InChI=1S/C18H27N/c1-18(2)10-8-14(9-11-18)17(19)16-12-15(16)13-6-4-3-5-7-13/h3-7,14-17H,8-12,19H2,1-2H3. The van der Waals surface area contributed by atoms with E-state index >= 15 is 0 Å². The van der Waals surface area contributed by atoms with E-state index < -0.39 is 0 Å². The van der Waals surface area contributed by atoms with Gasteiger partial charge in [-0.25, -0.2) is 0 Å². The predicted octanol–water partition coefficient (Wildman–Crippen LogP) is 4.33. The van der Waals surface area contributed by atoms with Crippen molar-refractivity contribution >= 4 is 0 Å². The lowest BCUT2D eigenvalue weighted by Crippen LogP contribution is -2.36. The maximum Gasteiger partial charge on any atom is 0.0102 e. The van der Waals surface area contributed by atoms with Crippen LogP contribution in [0.25, 0.3) is 0 Å². The SMILES string of the molecule is CC1(C)CCC(C(N)C2CC2c2ccccc2)CC1. The summed E-state index contributed by atoms with van der Waals surface area (Å²) >= 11 is 0. The fourth-order valence-electron chi connectivity index (χ4n) is 3.88. The molecule has 3 rings (SSSR count). The third-order valence-corrected chi connectivity index (χ3v) is 5.49. The van der Waals surface area contributed by atoms with Gasteiger partial charge >= 0.3 is 0 Å². The molecule has 0 saturated heterocycles. The van der Waals surface area contributed by atoms with Gasteiger partial charge in [0.1, 0.15) is 0 Å². The van der Waals surface area contributed by atoms with Crippen molar-refractivity contribution in [1.29, 1.82) is 0 Å². The fraction of sp³-hybridized carbons (Fsp3) is 0.667. The smallest absolute Gasteiger partial charge is 0.0102 e. The fourth-order valence-corrected chi connectivity index (χ4v) is 3.88. The van der Waals surface area contributed by atoms with Crippen LogP contribution in [0.2, 0.25) is 0 Å². The van der Waals surface area contributed by atoms with Gasteiger partial charge in [-0.05, 0) is 60.8 Å². The lowest BCUT2D eigenvalue weighted by Gasteiger charge is -2.37. The molecule has 19 heavy (non-hydrogen) atoms. The molecule has 2 aliphatic carbocycles. The van der Waals surface area contributed by atoms with Gasteiger partial charge in [-0.15, -0.1) is 0 Å². The van der Waals surface area contributed by atoms with E-state index in [-0.39, 0.29) is 0 Å². The van der Waals surface area contributed by atoms with Crippen LogP contribution in [0.3, 0.4) is 0 Å².